The van der Waals surface area contributed by atoms with Gasteiger partial charge in [0.05, 0.1) is 5.52 Å². The van der Waals surface area contributed by atoms with Crippen LogP contribution in [0.5, 0.6) is 0 Å². The lowest BCUT2D eigenvalue weighted by molar-refractivity contribution is 0.102. The van der Waals surface area contributed by atoms with Crippen molar-refractivity contribution in [2.45, 2.75) is 45.2 Å². The first-order chi connectivity index (χ1) is 16.1. The molecule has 4 heterocycles. The van der Waals surface area contributed by atoms with E-state index in [9.17, 15) is 4.79 Å². The number of aromatic nitrogens is 3. The maximum Gasteiger partial charge on any atom is 0.256 e. The second-order valence-corrected chi connectivity index (χ2v) is 8.99. The molecule has 1 saturated heterocycles. The van der Waals surface area contributed by atoms with Crippen LogP contribution in [0.1, 0.15) is 59.8 Å². The van der Waals surface area contributed by atoms with Crippen LogP contribution in [0.25, 0.3) is 10.9 Å². The van der Waals surface area contributed by atoms with Crippen LogP contribution in [0.15, 0.2) is 67.1 Å². The molecule has 4 aromatic rings. The maximum atomic E-state index is 12.8. The minimum absolute atomic E-state index is 0.164. The summed E-state index contributed by atoms with van der Waals surface area (Å²) in [7, 11) is 0. The minimum Gasteiger partial charge on any atom is -0.357 e. The predicted octanol–water partition coefficient (Wildman–Crippen LogP) is 5.35. The van der Waals surface area contributed by atoms with Crippen molar-refractivity contribution in [2.75, 3.05) is 11.9 Å². The average molecular weight is 440 g/mol. The number of amides is 1. The molecule has 168 valence electrons. The quantitative estimate of drug-likeness (QED) is 0.425. The number of carbonyl (C=O) groups excluding carboxylic acids is 1. The molecule has 0 bridgehead atoms. The third kappa shape index (κ3) is 4.66. The number of rotatable bonds is 6. The molecule has 0 radical (unpaired) electrons. The van der Waals surface area contributed by atoms with Crippen LogP contribution < -0.4 is 5.32 Å². The van der Waals surface area contributed by atoms with Crippen molar-refractivity contribution >= 4 is 22.6 Å². The lowest BCUT2D eigenvalue weighted by Crippen LogP contribution is -2.26. The van der Waals surface area contributed by atoms with Gasteiger partial charge in [-0.25, -0.2) is 4.98 Å². The van der Waals surface area contributed by atoms with Gasteiger partial charge in [-0.15, -0.1) is 0 Å². The highest BCUT2D eigenvalue weighted by atomic mass is 16.1. The summed E-state index contributed by atoms with van der Waals surface area (Å²) in [5.41, 5.74) is 5.14. The van der Waals surface area contributed by atoms with Crippen molar-refractivity contribution in [3.8, 4) is 0 Å². The molecule has 2 N–H and O–H groups in total. The first-order valence-electron chi connectivity index (χ1n) is 11.6. The summed E-state index contributed by atoms with van der Waals surface area (Å²) >= 11 is 0. The second kappa shape index (κ2) is 9.16. The fourth-order valence-corrected chi connectivity index (χ4v) is 4.64. The fourth-order valence-electron chi connectivity index (χ4n) is 4.64. The topological polar surface area (TPSA) is 73.9 Å². The van der Waals surface area contributed by atoms with Crippen LogP contribution in [-0.2, 0) is 6.54 Å². The zero-order valence-electron chi connectivity index (χ0n) is 19.1. The van der Waals surface area contributed by atoms with E-state index < -0.39 is 0 Å². The smallest absolute Gasteiger partial charge is 0.256 e. The van der Waals surface area contributed by atoms with Crippen molar-refractivity contribution in [1.82, 2.24) is 19.9 Å². The van der Waals surface area contributed by atoms with Gasteiger partial charge in [0.25, 0.3) is 5.91 Å². The Labute approximate surface area is 194 Å². The zero-order valence-corrected chi connectivity index (χ0v) is 19.1. The van der Waals surface area contributed by atoms with Crippen LogP contribution in [0.3, 0.4) is 0 Å². The Bertz CT molecular complexity index is 1250. The van der Waals surface area contributed by atoms with Gasteiger partial charge in [0.1, 0.15) is 5.82 Å². The highest BCUT2D eigenvalue weighted by Gasteiger charge is 2.20. The molecule has 0 spiro atoms. The zero-order chi connectivity index (χ0) is 22.8. The molecule has 33 heavy (non-hydrogen) atoms. The van der Waals surface area contributed by atoms with E-state index in [2.05, 4.69) is 45.1 Å². The molecule has 1 amide bonds. The number of hydrogen-bond donors (Lipinski definition) is 2. The molecule has 5 rings (SSSR count). The molecule has 0 aliphatic carbocycles. The van der Waals surface area contributed by atoms with Crippen molar-refractivity contribution in [3.63, 3.8) is 0 Å². The average Bonchev–Trinajstić information content (AvgIpc) is 3.44. The molecule has 1 aliphatic rings. The van der Waals surface area contributed by atoms with E-state index in [4.69, 9.17) is 0 Å². The van der Waals surface area contributed by atoms with Gasteiger partial charge in [0, 0.05) is 59.8 Å². The number of likely N-dealkylation sites (tertiary alicyclic amines) is 1. The number of aromatic amines is 1. The standard InChI is InChI=1S/C27H29N5O/c1-18-4-3-13-32(18)17-24-14-23-16-29-26(15-25(23)30-24)31-27(33)22-7-5-20(6-8-22)19(2)21-9-11-28-12-10-21/h5-12,14-16,18-19,30H,3-4,13,17H2,1-2H3,(H,29,31,33)/t18-,19?/m0/s1. The van der Waals surface area contributed by atoms with Crippen molar-refractivity contribution in [1.29, 1.82) is 0 Å². The number of H-pyrrole nitrogens is 1. The highest BCUT2D eigenvalue weighted by molar-refractivity contribution is 6.04. The molecular formula is C27H29N5O. The van der Waals surface area contributed by atoms with Crippen LogP contribution in [-0.4, -0.2) is 38.3 Å². The normalized spacial score (nSPS) is 17.3. The van der Waals surface area contributed by atoms with Crippen LogP contribution >= 0.6 is 0 Å². The maximum absolute atomic E-state index is 12.8. The van der Waals surface area contributed by atoms with E-state index in [1.165, 1.54) is 24.1 Å². The van der Waals surface area contributed by atoms with E-state index in [0.29, 0.717) is 17.4 Å². The van der Waals surface area contributed by atoms with Gasteiger partial charge in [-0.3, -0.25) is 14.7 Å². The molecule has 1 aliphatic heterocycles. The van der Waals surface area contributed by atoms with E-state index in [-0.39, 0.29) is 11.8 Å². The summed E-state index contributed by atoms with van der Waals surface area (Å²) < 4.78 is 0. The molecule has 3 aromatic heterocycles. The summed E-state index contributed by atoms with van der Waals surface area (Å²) in [6.07, 6.45) is 7.96. The largest absolute Gasteiger partial charge is 0.357 e. The molecule has 2 atom stereocenters. The summed E-state index contributed by atoms with van der Waals surface area (Å²) in [4.78, 5) is 27.3. The Morgan fingerprint density at radius 1 is 1.15 bits per heavy atom. The SMILES string of the molecule is CC(c1ccncc1)c1ccc(C(=O)Nc2cc3[nH]c(CN4CCC[C@@H]4C)cc3cn2)cc1. The lowest BCUT2D eigenvalue weighted by Gasteiger charge is -2.19. The number of anilines is 1. The lowest BCUT2D eigenvalue weighted by atomic mass is 9.93. The van der Waals surface area contributed by atoms with Gasteiger partial charge in [-0.1, -0.05) is 19.1 Å². The van der Waals surface area contributed by atoms with Crippen molar-refractivity contribution in [2.24, 2.45) is 0 Å². The Morgan fingerprint density at radius 3 is 2.64 bits per heavy atom. The van der Waals surface area contributed by atoms with Crippen LogP contribution in [0.4, 0.5) is 5.82 Å². The number of pyridine rings is 2. The summed E-state index contributed by atoms with van der Waals surface area (Å²) in [6.45, 7) is 6.51. The molecule has 1 fully saturated rings. The van der Waals surface area contributed by atoms with Gasteiger partial charge >= 0.3 is 0 Å². The Kier molecular flexibility index (Phi) is 5.92. The fraction of sp³-hybridized carbons (Fsp3) is 0.296. The number of benzene rings is 1. The summed E-state index contributed by atoms with van der Waals surface area (Å²) in [5.74, 6) is 0.618. The Morgan fingerprint density at radius 2 is 1.91 bits per heavy atom. The van der Waals surface area contributed by atoms with Crippen LogP contribution in [0.2, 0.25) is 0 Å². The van der Waals surface area contributed by atoms with E-state index in [1.807, 2.05) is 48.7 Å². The highest BCUT2D eigenvalue weighted by Crippen LogP contribution is 2.25. The summed E-state index contributed by atoms with van der Waals surface area (Å²) in [6, 6.07) is 16.5. The number of nitrogens with zero attached hydrogens (tertiary/aromatic N) is 3. The minimum atomic E-state index is -0.164. The second-order valence-electron chi connectivity index (χ2n) is 8.99. The molecule has 0 saturated carbocycles. The number of fused-ring (bicyclic) bond motifs is 1. The Hall–Kier alpha value is -3.51. The van der Waals surface area contributed by atoms with Gasteiger partial charge in [-0.2, -0.15) is 0 Å². The molecule has 1 unspecified atom stereocenters. The van der Waals surface area contributed by atoms with Gasteiger partial charge in [0.2, 0.25) is 0 Å². The molecule has 6 heteroatoms. The first kappa shape index (κ1) is 21.3. The van der Waals surface area contributed by atoms with E-state index in [0.717, 1.165) is 29.6 Å². The predicted molar refractivity (Wildman–Crippen MR) is 131 cm³/mol. The number of carbonyl (C=O) groups is 1. The molecular weight excluding hydrogens is 410 g/mol. The van der Waals surface area contributed by atoms with Crippen molar-refractivity contribution < 1.29 is 4.79 Å². The monoisotopic (exact) mass is 439 g/mol. The first-order valence-corrected chi connectivity index (χ1v) is 11.6. The summed E-state index contributed by atoms with van der Waals surface area (Å²) in [5, 5.41) is 3.99. The van der Waals surface area contributed by atoms with Crippen LogP contribution in [0, 0.1) is 0 Å². The van der Waals surface area contributed by atoms with Gasteiger partial charge < -0.3 is 10.3 Å². The van der Waals surface area contributed by atoms with E-state index in [1.54, 1.807) is 12.4 Å². The molecule has 1 aromatic carbocycles. The molecule has 6 nitrogen and oxygen atoms in total. The van der Waals surface area contributed by atoms with Crippen molar-refractivity contribution in [3.05, 3.63) is 89.5 Å². The third-order valence-electron chi connectivity index (χ3n) is 6.74. The number of hydrogen-bond acceptors (Lipinski definition) is 4. The number of nitrogens with one attached hydrogen (secondary N) is 2. The Balaban J connectivity index is 1.26. The third-order valence-corrected chi connectivity index (χ3v) is 6.74. The van der Waals surface area contributed by atoms with Gasteiger partial charge in [-0.05, 0) is 67.8 Å². The van der Waals surface area contributed by atoms with Gasteiger partial charge in [0.15, 0.2) is 0 Å². The van der Waals surface area contributed by atoms with E-state index >= 15 is 0 Å².